The molecule has 0 aliphatic carbocycles. The molecule has 0 bridgehead atoms. The van der Waals surface area contributed by atoms with Gasteiger partial charge in [-0.3, -0.25) is 0 Å². The SMILES string of the molecule is [Ir].[N-]=C/C=C\Nc1[c-]ccc2c1oc1ccccc12. The quantitative estimate of drug-likeness (QED) is 0.509. The molecule has 1 N–H and O–H groups in total. The molecule has 0 spiro atoms. The van der Waals surface area contributed by atoms with Crippen molar-refractivity contribution in [2.75, 3.05) is 5.32 Å². The third kappa shape index (κ3) is 2.46. The molecule has 0 amide bonds. The van der Waals surface area contributed by atoms with Crippen LogP contribution in [0.5, 0.6) is 0 Å². The zero-order chi connectivity index (χ0) is 12.4. The van der Waals surface area contributed by atoms with Gasteiger partial charge in [-0.15, -0.1) is 0 Å². The number of nitrogens with zero attached hydrogens (tertiary/aromatic N) is 1. The van der Waals surface area contributed by atoms with Crippen LogP contribution in [0.15, 0.2) is 53.1 Å². The Morgan fingerprint density at radius 1 is 1.16 bits per heavy atom. The topological polar surface area (TPSA) is 47.5 Å². The van der Waals surface area contributed by atoms with E-state index in [9.17, 15) is 0 Å². The maximum absolute atomic E-state index is 8.59. The number of hydrogen-bond acceptors (Lipinski definition) is 2. The average Bonchev–Trinajstić information content (AvgIpc) is 2.79. The third-order valence-electron chi connectivity index (χ3n) is 2.75. The van der Waals surface area contributed by atoms with Gasteiger partial charge in [0.25, 0.3) is 0 Å². The molecule has 0 aliphatic heterocycles. The number of nitrogens with one attached hydrogen (secondary N) is 1. The van der Waals surface area contributed by atoms with Crippen LogP contribution in [0.25, 0.3) is 27.3 Å². The minimum Gasteiger partial charge on any atom is -0.811 e. The van der Waals surface area contributed by atoms with E-state index in [0.29, 0.717) is 0 Å². The van der Waals surface area contributed by atoms with E-state index in [0.717, 1.165) is 33.8 Å². The summed E-state index contributed by atoms with van der Waals surface area (Å²) in [5.74, 6) is 0. The van der Waals surface area contributed by atoms with Gasteiger partial charge in [0.05, 0.1) is 0 Å². The Morgan fingerprint density at radius 3 is 2.84 bits per heavy atom. The predicted octanol–water partition coefficient (Wildman–Crippen LogP) is 3.95. The summed E-state index contributed by atoms with van der Waals surface area (Å²) in [6.07, 6.45) is 4.08. The number of fused-ring (bicyclic) bond motifs is 3. The fraction of sp³-hybridized carbons (Fsp3) is 0. The Kier molecular flexibility index (Phi) is 4.15. The molecule has 19 heavy (non-hydrogen) atoms. The number of furan rings is 1. The second-order valence-corrected chi connectivity index (χ2v) is 3.85. The van der Waals surface area contributed by atoms with E-state index in [1.165, 1.54) is 6.08 Å². The van der Waals surface area contributed by atoms with E-state index in [2.05, 4.69) is 11.4 Å². The standard InChI is InChI=1S/C15H10N2O.Ir/c16-9-4-10-17-13-7-3-6-12-11-5-1-2-8-14(11)18-15(12)13;/h1-6,8-10,17H;/q-2;/b10-4-;. The van der Waals surface area contributed by atoms with Crippen LogP contribution in [0.3, 0.4) is 0 Å². The first-order chi connectivity index (χ1) is 8.90. The van der Waals surface area contributed by atoms with Crippen LogP contribution in [-0.4, -0.2) is 6.21 Å². The molecular weight excluding hydrogens is 416 g/mol. The van der Waals surface area contributed by atoms with Crippen molar-refractivity contribution in [3.63, 3.8) is 0 Å². The van der Waals surface area contributed by atoms with Gasteiger partial charge in [0.15, 0.2) is 0 Å². The van der Waals surface area contributed by atoms with E-state index >= 15 is 0 Å². The number of anilines is 1. The van der Waals surface area contributed by atoms with Crippen molar-refractivity contribution in [2.45, 2.75) is 0 Å². The number of benzene rings is 2. The molecule has 1 radical (unpaired) electrons. The maximum atomic E-state index is 8.59. The summed E-state index contributed by atoms with van der Waals surface area (Å²) in [5.41, 5.74) is 2.37. The van der Waals surface area contributed by atoms with E-state index < -0.39 is 0 Å². The summed E-state index contributed by atoms with van der Waals surface area (Å²) < 4.78 is 5.81. The van der Waals surface area contributed by atoms with Gasteiger partial charge in [-0.25, -0.2) is 0 Å². The summed E-state index contributed by atoms with van der Waals surface area (Å²) >= 11 is 0. The second-order valence-electron chi connectivity index (χ2n) is 3.85. The molecule has 0 unspecified atom stereocenters. The van der Waals surface area contributed by atoms with Crippen molar-refractivity contribution in [3.8, 4) is 0 Å². The Morgan fingerprint density at radius 2 is 2.00 bits per heavy atom. The summed E-state index contributed by atoms with van der Waals surface area (Å²) in [6.45, 7) is 0. The number of hydrogen-bond donors (Lipinski definition) is 1. The maximum Gasteiger partial charge on any atom is 0.116 e. The monoisotopic (exact) mass is 427 g/mol. The van der Waals surface area contributed by atoms with Crippen LogP contribution in [0, 0.1) is 6.07 Å². The molecule has 0 aliphatic rings. The molecule has 3 nitrogen and oxygen atoms in total. The fourth-order valence-corrected chi connectivity index (χ4v) is 1.97. The molecule has 0 saturated carbocycles. The zero-order valence-electron chi connectivity index (χ0n) is 9.88. The van der Waals surface area contributed by atoms with Crippen LogP contribution in [0.4, 0.5) is 5.69 Å². The molecule has 3 aromatic rings. The average molecular weight is 426 g/mol. The Hall–Kier alpha value is -1.90. The van der Waals surface area contributed by atoms with Gasteiger partial charge in [-0.2, -0.15) is 24.4 Å². The Labute approximate surface area is 124 Å². The van der Waals surface area contributed by atoms with Gasteiger partial charge in [-0.1, -0.05) is 29.7 Å². The fourth-order valence-electron chi connectivity index (χ4n) is 1.97. The van der Waals surface area contributed by atoms with Crippen molar-refractivity contribution in [1.82, 2.24) is 0 Å². The van der Waals surface area contributed by atoms with Crippen molar-refractivity contribution in [2.24, 2.45) is 0 Å². The van der Waals surface area contributed by atoms with E-state index in [-0.39, 0.29) is 20.1 Å². The van der Waals surface area contributed by atoms with E-state index in [4.69, 9.17) is 9.83 Å². The predicted molar refractivity (Wildman–Crippen MR) is 74.7 cm³/mol. The van der Waals surface area contributed by atoms with E-state index in [1.807, 2.05) is 36.4 Å². The van der Waals surface area contributed by atoms with Gasteiger partial charge >= 0.3 is 0 Å². The third-order valence-corrected chi connectivity index (χ3v) is 2.75. The molecule has 0 atom stereocenters. The van der Waals surface area contributed by atoms with Gasteiger partial charge in [0.1, 0.15) is 5.58 Å². The molecule has 1 heterocycles. The van der Waals surface area contributed by atoms with Crippen LogP contribution >= 0.6 is 0 Å². The van der Waals surface area contributed by atoms with Gasteiger partial charge in [0, 0.05) is 31.1 Å². The summed E-state index contributed by atoms with van der Waals surface area (Å²) in [7, 11) is 0. The zero-order valence-corrected chi connectivity index (χ0v) is 12.3. The molecule has 3 rings (SSSR count). The summed E-state index contributed by atoms with van der Waals surface area (Å²) in [6, 6.07) is 14.8. The summed E-state index contributed by atoms with van der Waals surface area (Å²) in [4.78, 5) is 0. The molecule has 97 valence electrons. The largest absolute Gasteiger partial charge is 0.811 e. The molecule has 4 heteroatoms. The first-order valence-corrected chi connectivity index (χ1v) is 5.61. The van der Waals surface area contributed by atoms with Crippen molar-refractivity contribution < 1.29 is 24.5 Å². The first-order valence-electron chi connectivity index (χ1n) is 5.61. The molecule has 1 aromatic heterocycles. The molecular formula is C15H10IrN2O-2. The molecule has 0 saturated heterocycles. The van der Waals surface area contributed by atoms with Crippen LogP contribution in [0.1, 0.15) is 0 Å². The van der Waals surface area contributed by atoms with Crippen LogP contribution < -0.4 is 5.32 Å². The van der Waals surface area contributed by atoms with Gasteiger partial charge in [0.2, 0.25) is 0 Å². The van der Waals surface area contributed by atoms with Crippen molar-refractivity contribution >= 4 is 33.8 Å². The Balaban J connectivity index is 0.00000133. The second kappa shape index (κ2) is 5.83. The number of rotatable bonds is 3. The van der Waals surface area contributed by atoms with Crippen molar-refractivity contribution in [3.05, 3.63) is 60.1 Å². The normalized spacial score (nSPS) is 10.7. The van der Waals surface area contributed by atoms with Gasteiger partial charge in [-0.05, 0) is 18.0 Å². The minimum absolute atomic E-state index is 0. The summed E-state index contributed by atoms with van der Waals surface area (Å²) in [5, 5.41) is 13.7. The smallest absolute Gasteiger partial charge is 0.116 e. The van der Waals surface area contributed by atoms with Crippen LogP contribution in [0.2, 0.25) is 0 Å². The Bertz CT molecular complexity index is 746. The van der Waals surface area contributed by atoms with E-state index in [1.54, 1.807) is 6.20 Å². The van der Waals surface area contributed by atoms with Gasteiger partial charge < -0.3 is 15.1 Å². The van der Waals surface area contributed by atoms with Crippen molar-refractivity contribution in [1.29, 1.82) is 0 Å². The first kappa shape index (κ1) is 13.5. The molecule has 2 aromatic carbocycles. The molecule has 0 fully saturated rings. The minimum atomic E-state index is 0. The number of allylic oxidation sites excluding steroid dienone is 1. The van der Waals surface area contributed by atoms with Crippen LogP contribution in [-0.2, 0) is 20.1 Å². The number of para-hydroxylation sites is 1.